The number of rotatable bonds is 1. The normalized spacial score (nSPS) is 25.0. The molecule has 0 aliphatic carbocycles. The molecule has 2 atom stereocenters. The summed E-state index contributed by atoms with van der Waals surface area (Å²) in [7, 11) is 0. The first-order valence-corrected chi connectivity index (χ1v) is 7.14. The number of carbonyl (C=O) groups is 1. The highest BCUT2D eigenvalue weighted by Crippen LogP contribution is 2.45. The zero-order chi connectivity index (χ0) is 17.7. The van der Waals surface area contributed by atoms with Gasteiger partial charge < -0.3 is 14.2 Å². The summed E-state index contributed by atoms with van der Waals surface area (Å²) in [5.74, 6) is -5.76. The van der Waals surface area contributed by atoms with Crippen LogP contribution in [0.15, 0.2) is 6.20 Å². The molecule has 1 saturated heterocycles. The third-order valence-electron chi connectivity index (χ3n) is 4.23. The molecule has 1 fully saturated rings. The van der Waals surface area contributed by atoms with Crippen molar-refractivity contribution >= 4 is 5.91 Å². The maximum absolute atomic E-state index is 12.9. The van der Waals surface area contributed by atoms with E-state index in [1.54, 1.807) is 4.57 Å². The van der Waals surface area contributed by atoms with Gasteiger partial charge >= 0.3 is 12.4 Å². The predicted octanol–water partition coefficient (Wildman–Crippen LogP) is 2.23. The molecule has 24 heavy (non-hydrogen) atoms. The molecular weight excluding hydrogens is 344 g/mol. The third-order valence-corrected chi connectivity index (χ3v) is 4.23. The second-order valence-electron chi connectivity index (χ2n) is 5.79. The van der Waals surface area contributed by atoms with Crippen molar-refractivity contribution in [3.8, 4) is 0 Å². The van der Waals surface area contributed by atoms with Gasteiger partial charge in [0.1, 0.15) is 18.1 Å². The molecular formula is C13H13F6N3O2. The first-order valence-electron chi connectivity index (χ1n) is 7.14. The zero-order valence-corrected chi connectivity index (χ0v) is 12.2. The molecule has 2 aliphatic heterocycles. The Bertz CT molecular complexity index is 593. The SMILES string of the molecule is O=C(c1cn2c(n1)COCC2)N1CC(C(F)(F)F)C(C(F)(F)F)C1. The number of nitrogens with zero attached hydrogens (tertiary/aromatic N) is 3. The second kappa shape index (κ2) is 5.64. The third kappa shape index (κ3) is 3.08. The lowest BCUT2D eigenvalue weighted by Crippen LogP contribution is -2.37. The van der Waals surface area contributed by atoms with Gasteiger partial charge in [-0.15, -0.1) is 0 Å². The number of alkyl halides is 6. The molecule has 1 aromatic rings. The Morgan fingerprint density at radius 3 is 2.21 bits per heavy atom. The van der Waals surface area contributed by atoms with Crippen molar-refractivity contribution in [2.24, 2.45) is 11.8 Å². The number of likely N-dealkylation sites (tertiary alicyclic amines) is 1. The van der Waals surface area contributed by atoms with E-state index in [0.29, 0.717) is 23.9 Å². The van der Waals surface area contributed by atoms with Crippen LogP contribution in [0, 0.1) is 11.8 Å². The second-order valence-corrected chi connectivity index (χ2v) is 5.79. The van der Waals surface area contributed by atoms with Gasteiger partial charge in [-0.05, 0) is 0 Å². The summed E-state index contributed by atoms with van der Waals surface area (Å²) in [5.41, 5.74) is -0.167. The highest BCUT2D eigenvalue weighted by molar-refractivity contribution is 5.92. The minimum atomic E-state index is -5.03. The Morgan fingerprint density at radius 1 is 1.12 bits per heavy atom. The van der Waals surface area contributed by atoms with E-state index >= 15 is 0 Å². The fraction of sp³-hybridized carbons (Fsp3) is 0.692. The number of hydrogen-bond acceptors (Lipinski definition) is 3. The van der Waals surface area contributed by atoms with Crippen LogP contribution in [0.5, 0.6) is 0 Å². The number of aromatic nitrogens is 2. The van der Waals surface area contributed by atoms with Gasteiger partial charge in [-0.3, -0.25) is 4.79 Å². The van der Waals surface area contributed by atoms with Gasteiger partial charge in [-0.1, -0.05) is 0 Å². The van der Waals surface area contributed by atoms with Gasteiger partial charge in [0.05, 0.1) is 18.4 Å². The van der Waals surface area contributed by atoms with Gasteiger partial charge in [0.15, 0.2) is 0 Å². The quantitative estimate of drug-likeness (QED) is 0.725. The van der Waals surface area contributed by atoms with Gasteiger partial charge in [0.2, 0.25) is 0 Å². The van der Waals surface area contributed by atoms with E-state index < -0.39 is 43.2 Å². The average Bonchev–Trinajstić information content (AvgIpc) is 3.09. The summed E-state index contributed by atoms with van der Waals surface area (Å²) in [4.78, 5) is 16.8. The van der Waals surface area contributed by atoms with Crippen LogP contribution >= 0.6 is 0 Å². The van der Waals surface area contributed by atoms with Gasteiger partial charge in [-0.25, -0.2) is 4.98 Å². The summed E-state index contributed by atoms with van der Waals surface area (Å²) >= 11 is 0. The van der Waals surface area contributed by atoms with E-state index in [9.17, 15) is 31.1 Å². The molecule has 0 bridgehead atoms. The largest absolute Gasteiger partial charge is 0.394 e. The molecule has 1 amide bonds. The molecule has 0 saturated carbocycles. The Labute approximate surface area is 132 Å². The van der Waals surface area contributed by atoms with Crippen LogP contribution in [0.1, 0.15) is 16.3 Å². The molecule has 0 spiro atoms. The fourth-order valence-corrected chi connectivity index (χ4v) is 2.99. The molecule has 2 unspecified atom stereocenters. The molecule has 0 N–H and O–H groups in total. The lowest BCUT2D eigenvalue weighted by molar-refractivity contribution is -0.239. The molecule has 0 aromatic carbocycles. The van der Waals surface area contributed by atoms with Crippen LogP contribution < -0.4 is 0 Å². The molecule has 11 heteroatoms. The number of imidazole rings is 1. The van der Waals surface area contributed by atoms with Crippen molar-refractivity contribution in [1.82, 2.24) is 14.5 Å². The van der Waals surface area contributed by atoms with Crippen molar-refractivity contribution < 1.29 is 35.9 Å². The molecule has 5 nitrogen and oxygen atoms in total. The molecule has 134 valence electrons. The summed E-state index contributed by atoms with van der Waals surface area (Å²) in [6.07, 6.45) is -8.73. The van der Waals surface area contributed by atoms with Gasteiger partial charge in [0, 0.05) is 25.8 Å². The first-order chi connectivity index (χ1) is 11.1. The lowest BCUT2D eigenvalue weighted by atomic mass is 9.95. The van der Waals surface area contributed by atoms with Crippen molar-refractivity contribution in [2.75, 3.05) is 19.7 Å². The number of carbonyl (C=O) groups excluding carboxylic acids is 1. The van der Waals surface area contributed by atoms with Crippen molar-refractivity contribution in [3.63, 3.8) is 0 Å². The van der Waals surface area contributed by atoms with E-state index in [0.717, 1.165) is 0 Å². The van der Waals surface area contributed by atoms with Crippen molar-refractivity contribution in [1.29, 1.82) is 0 Å². The van der Waals surface area contributed by atoms with Crippen LogP contribution in [-0.4, -0.2) is 52.4 Å². The number of hydrogen-bond donors (Lipinski definition) is 0. The molecule has 3 heterocycles. The maximum Gasteiger partial charge on any atom is 0.394 e. The average molecular weight is 357 g/mol. The Hall–Kier alpha value is -1.78. The minimum Gasteiger partial charge on any atom is -0.372 e. The van der Waals surface area contributed by atoms with Crippen LogP contribution in [0.3, 0.4) is 0 Å². The first kappa shape index (κ1) is 17.1. The van der Waals surface area contributed by atoms with E-state index in [1.807, 2.05) is 0 Å². The van der Waals surface area contributed by atoms with Crippen molar-refractivity contribution in [3.05, 3.63) is 17.7 Å². The van der Waals surface area contributed by atoms with E-state index in [-0.39, 0.29) is 12.3 Å². The van der Waals surface area contributed by atoms with E-state index in [2.05, 4.69) is 4.98 Å². The molecule has 0 radical (unpaired) electrons. The van der Waals surface area contributed by atoms with Crippen LogP contribution in [0.2, 0.25) is 0 Å². The Balaban J connectivity index is 1.82. The van der Waals surface area contributed by atoms with Crippen LogP contribution in [0.25, 0.3) is 0 Å². The minimum absolute atomic E-state index is 0.142. The molecule has 1 aromatic heterocycles. The number of ether oxygens (including phenoxy) is 1. The monoisotopic (exact) mass is 357 g/mol. The predicted molar refractivity (Wildman–Crippen MR) is 66.9 cm³/mol. The van der Waals surface area contributed by atoms with Gasteiger partial charge in [0.25, 0.3) is 5.91 Å². The smallest absolute Gasteiger partial charge is 0.372 e. The fourth-order valence-electron chi connectivity index (χ4n) is 2.99. The molecule has 2 aliphatic rings. The highest BCUT2D eigenvalue weighted by Gasteiger charge is 2.60. The summed E-state index contributed by atoms with van der Waals surface area (Å²) < 4.78 is 84.1. The summed E-state index contributed by atoms with van der Waals surface area (Å²) in [6, 6.07) is 0. The topological polar surface area (TPSA) is 47.4 Å². The van der Waals surface area contributed by atoms with E-state index in [4.69, 9.17) is 4.74 Å². The van der Waals surface area contributed by atoms with Gasteiger partial charge in [-0.2, -0.15) is 26.3 Å². The van der Waals surface area contributed by atoms with E-state index in [1.165, 1.54) is 6.20 Å². The Kier molecular flexibility index (Phi) is 4.01. The van der Waals surface area contributed by atoms with Crippen molar-refractivity contribution in [2.45, 2.75) is 25.5 Å². The standard InChI is InChI=1S/C13H13F6N3O2/c14-12(15,16)7-3-22(4-8(7)13(17,18)19)11(23)9-5-21-1-2-24-6-10(21)20-9/h5,7-8H,1-4,6H2. The lowest BCUT2D eigenvalue weighted by Gasteiger charge is -2.22. The molecule has 3 rings (SSSR count). The number of halogens is 6. The van der Waals surface area contributed by atoms with Crippen LogP contribution in [0.4, 0.5) is 26.3 Å². The number of amides is 1. The maximum atomic E-state index is 12.9. The zero-order valence-electron chi connectivity index (χ0n) is 12.2. The Morgan fingerprint density at radius 2 is 1.71 bits per heavy atom. The summed E-state index contributed by atoms with van der Waals surface area (Å²) in [6.45, 7) is -1.08. The summed E-state index contributed by atoms with van der Waals surface area (Å²) in [5, 5.41) is 0. The number of fused-ring (bicyclic) bond motifs is 1. The van der Waals surface area contributed by atoms with Crippen LogP contribution in [-0.2, 0) is 17.9 Å². The highest BCUT2D eigenvalue weighted by atomic mass is 19.4.